The van der Waals surface area contributed by atoms with E-state index in [0.717, 1.165) is 24.8 Å². The Kier molecular flexibility index (Phi) is 5.95. The lowest BCUT2D eigenvalue weighted by Gasteiger charge is -2.59. The molecule has 4 heteroatoms. The lowest BCUT2D eigenvalue weighted by molar-refractivity contribution is -0.329. The summed E-state index contributed by atoms with van der Waals surface area (Å²) in [6, 6.07) is 10.3. The highest BCUT2D eigenvalue weighted by molar-refractivity contribution is 5.77. The Morgan fingerprint density at radius 2 is 1.88 bits per heavy atom. The maximum Gasteiger partial charge on any atom is 0.220 e. The number of piperidine rings is 1. The highest BCUT2D eigenvalue weighted by Crippen LogP contribution is 2.49. The molecular formula is C21H34N2O2. The van der Waals surface area contributed by atoms with Crippen LogP contribution in [0.4, 0.5) is 0 Å². The summed E-state index contributed by atoms with van der Waals surface area (Å²) in [6.07, 6.45) is 2.49. The van der Waals surface area contributed by atoms with Gasteiger partial charge in [0.15, 0.2) is 0 Å². The summed E-state index contributed by atoms with van der Waals surface area (Å²) < 4.78 is 0. The van der Waals surface area contributed by atoms with E-state index in [2.05, 4.69) is 58.7 Å². The second kappa shape index (κ2) is 7.46. The Morgan fingerprint density at radius 3 is 2.36 bits per heavy atom. The van der Waals surface area contributed by atoms with Gasteiger partial charge in [-0.25, -0.2) is 0 Å². The van der Waals surface area contributed by atoms with E-state index in [1.54, 1.807) is 0 Å². The number of benzene rings is 1. The summed E-state index contributed by atoms with van der Waals surface area (Å²) in [6.45, 7) is 13.0. The van der Waals surface area contributed by atoms with Crippen LogP contribution in [0.3, 0.4) is 0 Å². The van der Waals surface area contributed by atoms with Gasteiger partial charge in [-0.05, 0) is 51.5 Å². The molecule has 0 aliphatic carbocycles. The van der Waals surface area contributed by atoms with Gasteiger partial charge >= 0.3 is 0 Å². The minimum absolute atomic E-state index is 0.0460. The van der Waals surface area contributed by atoms with Crippen molar-refractivity contribution in [2.45, 2.75) is 78.0 Å². The maximum atomic E-state index is 12.1. The molecule has 2 rings (SSSR count). The third-order valence-corrected chi connectivity index (χ3v) is 6.57. The number of amides is 1. The lowest BCUT2D eigenvalue weighted by atomic mass is 9.65. The van der Waals surface area contributed by atoms with Gasteiger partial charge in [-0.2, -0.15) is 5.06 Å². The van der Waals surface area contributed by atoms with Crippen molar-refractivity contribution >= 4 is 5.91 Å². The second-order valence-electron chi connectivity index (χ2n) is 8.02. The van der Waals surface area contributed by atoms with Gasteiger partial charge in [0.05, 0.1) is 0 Å². The van der Waals surface area contributed by atoms with Gasteiger partial charge in [-0.1, -0.05) is 51.1 Å². The average molecular weight is 347 g/mol. The number of nitrogens with two attached hydrogens (primary N) is 1. The first-order valence-corrected chi connectivity index (χ1v) is 9.51. The van der Waals surface area contributed by atoms with Crippen molar-refractivity contribution in [3.8, 4) is 0 Å². The first kappa shape index (κ1) is 19.9. The van der Waals surface area contributed by atoms with Crippen LogP contribution in [0.15, 0.2) is 30.3 Å². The fourth-order valence-electron chi connectivity index (χ4n) is 4.26. The Bertz CT molecular complexity index is 591. The highest BCUT2D eigenvalue weighted by Gasteiger charge is 2.55. The van der Waals surface area contributed by atoms with E-state index in [-0.39, 0.29) is 34.9 Å². The third-order valence-electron chi connectivity index (χ3n) is 6.57. The van der Waals surface area contributed by atoms with E-state index in [0.29, 0.717) is 0 Å². The molecule has 1 amide bonds. The number of hydrogen-bond donors (Lipinski definition) is 1. The zero-order chi connectivity index (χ0) is 18.8. The van der Waals surface area contributed by atoms with Crippen LogP contribution in [0.5, 0.6) is 0 Å². The Labute approximate surface area is 152 Å². The molecule has 5 atom stereocenters. The monoisotopic (exact) mass is 346 g/mol. The number of nitrogens with zero attached hydrogens (tertiary/aromatic N) is 1. The fraction of sp³-hybridized carbons (Fsp3) is 0.667. The van der Waals surface area contributed by atoms with Gasteiger partial charge in [0.1, 0.15) is 6.10 Å². The largest absolute Gasteiger partial charge is 0.369 e. The number of hydrogen-bond acceptors (Lipinski definition) is 3. The van der Waals surface area contributed by atoms with Gasteiger partial charge in [-0.3, -0.25) is 9.63 Å². The van der Waals surface area contributed by atoms with Crippen LogP contribution in [0.1, 0.15) is 72.5 Å². The number of primary amides is 1. The zero-order valence-corrected chi connectivity index (χ0v) is 16.6. The predicted octanol–water partition coefficient (Wildman–Crippen LogP) is 4.46. The van der Waals surface area contributed by atoms with E-state index in [1.165, 1.54) is 0 Å². The molecule has 1 aliphatic rings. The SMILES string of the molecule is CCC1(C)CC(C(N)=O)C(C)C(C)(CC)N1OC(C)c1ccccc1. The van der Waals surface area contributed by atoms with Crippen LogP contribution in [0.2, 0.25) is 0 Å². The molecule has 25 heavy (non-hydrogen) atoms. The molecule has 1 fully saturated rings. The molecule has 0 saturated carbocycles. The normalized spacial score (nSPS) is 34.6. The summed E-state index contributed by atoms with van der Waals surface area (Å²) in [5.41, 5.74) is 6.44. The molecule has 1 saturated heterocycles. The van der Waals surface area contributed by atoms with Crippen molar-refractivity contribution in [2.24, 2.45) is 17.6 Å². The molecule has 5 unspecified atom stereocenters. The summed E-state index contributed by atoms with van der Waals surface area (Å²) in [7, 11) is 0. The van der Waals surface area contributed by atoms with Crippen molar-refractivity contribution in [1.29, 1.82) is 0 Å². The molecule has 0 bridgehead atoms. The Morgan fingerprint density at radius 1 is 1.28 bits per heavy atom. The van der Waals surface area contributed by atoms with Gasteiger partial charge in [-0.15, -0.1) is 0 Å². The van der Waals surface area contributed by atoms with Crippen molar-refractivity contribution in [2.75, 3.05) is 0 Å². The van der Waals surface area contributed by atoms with E-state index in [9.17, 15) is 4.79 Å². The first-order valence-electron chi connectivity index (χ1n) is 9.51. The van der Waals surface area contributed by atoms with Gasteiger partial charge in [0.2, 0.25) is 5.91 Å². The van der Waals surface area contributed by atoms with Crippen molar-refractivity contribution in [3.05, 3.63) is 35.9 Å². The topological polar surface area (TPSA) is 55.6 Å². The molecule has 0 spiro atoms. The van der Waals surface area contributed by atoms with Crippen LogP contribution in [-0.2, 0) is 9.63 Å². The molecule has 4 nitrogen and oxygen atoms in total. The third kappa shape index (κ3) is 3.61. The smallest absolute Gasteiger partial charge is 0.220 e. The molecule has 1 heterocycles. The van der Waals surface area contributed by atoms with Crippen LogP contribution in [-0.4, -0.2) is 22.0 Å². The van der Waals surface area contributed by atoms with Gasteiger partial charge in [0.25, 0.3) is 0 Å². The molecule has 2 N–H and O–H groups in total. The summed E-state index contributed by atoms with van der Waals surface area (Å²) in [5.74, 6) is -0.179. The number of carbonyl (C=O) groups excluding carboxylic acids is 1. The summed E-state index contributed by atoms with van der Waals surface area (Å²) >= 11 is 0. The maximum absolute atomic E-state index is 12.1. The number of hydroxylamine groups is 2. The Balaban J connectivity index is 2.39. The van der Waals surface area contributed by atoms with Crippen LogP contribution in [0, 0.1) is 11.8 Å². The minimum atomic E-state index is -0.244. The quantitative estimate of drug-likeness (QED) is 0.827. The lowest BCUT2D eigenvalue weighted by Crippen LogP contribution is -2.67. The summed E-state index contributed by atoms with van der Waals surface area (Å²) in [5, 5.41) is 2.20. The van der Waals surface area contributed by atoms with Crippen LogP contribution >= 0.6 is 0 Å². The number of carbonyl (C=O) groups is 1. The molecule has 1 aromatic rings. The van der Waals surface area contributed by atoms with Crippen molar-refractivity contribution in [1.82, 2.24) is 5.06 Å². The predicted molar refractivity (Wildman–Crippen MR) is 102 cm³/mol. The molecule has 1 aromatic carbocycles. The standard InChI is InChI=1S/C21H34N2O2/c1-7-20(5)14-18(19(22)24)15(3)21(6,8-2)23(20)25-16(4)17-12-10-9-11-13-17/h9-13,15-16,18H,7-8,14H2,1-6H3,(H2,22,24). The molecule has 0 aromatic heterocycles. The van der Waals surface area contributed by atoms with Crippen molar-refractivity contribution < 1.29 is 9.63 Å². The van der Waals surface area contributed by atoms with Crippen molar-refractivity contribution in [3.63, 3.8) is 0 Å². The zero-order valence-electron chi connectivity index (χ0n) is 16.6. The van der Waals surface area contributed by atoms with E-state index in [1.807, 2.05) is 18.2 Å². The number of rotatable bonds is 6. The minimum Gasteiger partial charge on any atom is -0.369 e. The van der Waals surface area contributed by atoms with Crippen LogP contribution in [0.25, 0.3) is 0 Å². The molecule has 140 valence electrons. The molecule has 0 radical (unpaired) electrons. The Hall–Kier alpha value is -1.39. The molecule has 1 aliphatic heterocycles. The second-order valence-corrected chi connectivity index (χ2v) is 8.02. The van der Waals surface area contributed by atoms with Crippen LogP contribution < -0.4 is 5.73 Å². The first-order chi connectivity index (χ1) is 11.7. The summed E-state index contributed by atoms with van der Waals surface area (Å²) in [4.78, 5) is 18.7. The van der Waals surface area contributed by atoms with E-state index < -0.39 is 0 Å². The fourth-order valence-corrected chi connectivity index (χ4v) is 4.26. The molecular weight excluding hydrogens is 312 g/mol. The van der Waals surface area contributed by atoms with Gasteiger partial charge in [0, 0.05) is 17.0 Å². The van der Waals surface area contributed by atoms with Gasteiger partial charge < -0.3 is 5.73 Å². The van der Waals surface area contributed by atoms with E-state index in [4.69, 9.17) is 10.6 Å². The van der Waals surface area contributed by atoms with E-state index >= 15 is 0 Å². The average Bonchev–Trinajstić information content (AvgIpc) is 2.62. The highest BCUT2D eigenvalue weighted by atomic mass is 16.7.